The number of hydrogen-bond donors (Lipinski definition) is 2. The minimum absolute atomic E-state index is 0.00621. The molecule has 6 heteroatoms. The third-order valence-corrected chi connectivity index (χ3v) is 5.66. The second-order valence-electron chi connectivity index (χ2n) is 7.99. The zero-order chi connectivity index (χ0) is 21.4. The highest BCUT2D eigenvalue weighted by molar-refractivity contribution is 6.00. The predicted octanol–water partition coefficient (Wildman–Crippen LogP) is 2.99. The van der Waals surface area contributed by atoms with Crippen molar-refractivity contribution < 1.29 is 14.7 Å². The lowest BCUT2D eigenvalue weighted by atomic mass is 9.89. The van der Waals surface area contributed by atoms with Crippen LogP contribution in [-0.2, 0) is 11.3 Å². The molecule has 0 unspecified atom stereocenters. The molecule has 1 amide bonds. The van der Waals surface area contributed by atoms with Crippen molar-refractivity contribution in [3.05, 3.63) is 71.3 Å². The molecule has 0 spiro atoms. The van der Waals surface area contributed by atoms with Crippen LogP contribution in [0.15, 0.2) is 59.8 Å². The Morgan fingerprint density at radius 1 is 1.10 bits per heavy atom. The van der Waals surface area contributed by atoms with Crippen molar-refractivity contribution >= 4 is 11.6 Å². The SMILES string of the molecule is CC(=NOCCCc1ccccc1)c1ccc(C(=O)N2CCC(N)(CO)CC2)cc1. The average Bonchev–Trinajstić information content (AvgIpc) is 2.79. The lowest BCUT2D eigenvalue weighted by Crippen LogP contribution is -2.53. The fourth-order valence-electron chi connectivity index (χ4n) is 3.53. The van der Waals surface area contributed by atoms with Crippen molar-refractivity contribution in [3.8, 4) is 0 Å². The first-order valence-electron chi connectivity index (χ1n) is 10.5. The topological polar surface area (TPSA) is 88.2 Å². The molecule has 0 bridgehead atoms. The van der Waals surface area contributed by atoms with E-state index in [0.29, 0.717) is 38.1 Å². The Hall–Kier alpha value is -2.70. The highest BCUT2D eigenvalue weighted by Crippen LogP contribution is 2.21. The molecule has 160 valence electrons. The van der Waals surface area contributed by atoms with Crippen LogP contribution in [0.3, 0.4) is 0 Å². The van der Waals surface area contributed by atoms with Gasteiger partial charge in [-0.25, -0.2) is 0 Å². The van der Waals surface area contributed by atoms with Gasteiger partial charge in [0.1, 0.15) is 6.61 Å². The van der Waals surface area contributed by atoms with E-state index in [9.17, 15) is 9.90 Å². The molecular weight excluding hydrogens is 378 g/mol. The van der Waals surface area contributed by atoms with E-state index in [0.717, 1.165) is 24.1 Å². The van der Waals surface area contributed by atoms with Gasteiger partial charge < -0.3 is 20.6 Å². The maximum Gasteiger partial charge on any atom is 0.253 e. The molecule has 2 aromatic carbocycles. The first-order valence-corrected chi connectivity index (χ1v) is 10.5. The number of carbonyl (C=O) groups excluding carboxylic acids is 1. The van der Waals surface area contributed by atoms with E-state index in [1.807, 2.05) is 49.4 Å². The average molecular weight is 410 g/mol. The molecule has 2 aromatic rings. The minimum Gasteiger partial charge on any atom is -0.396 e. The Labute approximate surface area is 178 Å². The van der Waals surface area contributed by atoms with Crippen LogP contribution in [0.2, 0.25) is 0 Å². The number of piperidine rings is 1. The first-order chi connectivity index (χ1) is 14.5. The Morgan fingerprint density at radius 3 is 2.37 bits per heavy atom. The number of oxime groups is 1. The molecule has 6 nitrogen and oxygen atoms in total. The van der Waals surface area contributed by atoms with Crippen LogP contribution in [0, 0.1) is 0 Å². The number of hydrogen-bond acceptors (Lipinski definition) is 5. The van der Waals surface area contributed by atoms with Crippen molar-refractivity contribution in [3.63, 3.8) is 0 Å². The van der Waals surface area contributed by atoms with Crippen molar-refractivity contribution in [2.45, 2.75) is 38.1 Å². The lowest BCUT2D eigenvalue weighted by Gasteiger charge is -2.38. The van der Waals surface area contributed by atoms with Gasteiger partial charge in [0, 0.05) is 24.2 Å². The summed E-state index contributed by atoms with van der Waals surface area (Å²) in [5.74, 6) is -0.00621. The quantitative estimate of drug-likeness (QED) is 0.399. The van der Waals surface area contributed by atoms with Gasteiger partial charge in [-0.15, -0.1) is 0 Å². The molecular formula is C24H31N3O3. The van der Waals surface area contributed by atoms with Crippen LogP contribution >= 0.6 is 0 Å². The molecule has 1 heterocycles. The standard InChI is InChI=1S/C24H31N3O3/c1-19(26-30-17-5-8-20-6-3-2-4-7-20)21-9-11-22(12-10-21)23(29)27-15-13-24(25,18-28)14-16-27/h2-4,6-7,9-12,28H,5,8,13-18,25H2,1H3. The number of amides is 1. The van der Waals surface area contributed by atoms with Gasteiger partial charge in [-0.05, 0) is 55.9 Å². The lowest BCUT2D eigenvalue weighted by molar-refractivity contribution is 0.0607. The number of aliphatic hydroxyl groups excluding tert-OH is 1. The maximum atomic E-state index is 12.7. The number of nitrogens with zero attached hydrogens (tertiary/aromatic N) is 2. The van der Waals surface area contributed by atoms with Crippen molar-refractivity contribution in [1.82, 2.24) is 4.90 Å². The van der Waals surface area contributed by atoms with Crippen molar-refractivity contribution in [1.29, 1.82) is 0 Å². The van der Waals surface area contributed by atoms with Gasteiger partial charge in [-0.3, -0.25) is 4.79 Å². The highest BCUT2D eigenvalue weighted by atomic mass is 16.6. The van der Waals surface area contributed by atoms with E-state index < -0.39 is 5.54 Å². The summed E-state index contributed by atoms with van der Waals surface area (Å²) >= 11 is 0. The summed E-state index contributed by atoms with van der Waals surface area (Å²) in [5, 5.41) is 13.6. The Bertz CT molecular complexity index is 842. The van der Waals surface area contributed by atoms with Crippen LogP contribution in [0.25, 0.3) is 0 Å². The predicted molar refractivity (Wildman–Crippen MR) is 119 cm³/mol. The van der Waals surface area contributed by atoms with Gasteiger partial charge in [-0.1, -0.05) is 47.6 Å². The van der Waals surface area contributed by atoms with E-state index >= 15 is 0 Å². The maximum absolute atomic E-state index is 12.7. The Kier molecular flexibility index (Phi) is 7.60. The van der Waals surface area contributed by atoms with Gasteiger partial charge >= 0.3 is 0 Å². The van der Waals surface area contributed by atoms with E-state index in [-0.39, 0.29) is 12.5 Å². The van der Waals surface area contributed by atoms with Gasteiger partial charge in [0.15, 0.2) is 0 Å². The number of aliphatic hydroxyl groups is 1. The number of aryl methyl sites for hydroxylation is 1. The molecule has 0 atom stereocenters. The smallest absolute Gasteiger partial charge is 0.253 e. The van der Waals surface area contributed by atoms with Crippen LogP contribution in [-0.4, -0.2) is 53.5 Å². The number of benzene rings is 2. The van der Waals surface area contributed by atoms with Crippen LogP contribution in [0.4, 0.5) is 0 Å². The van der Waals surface area contributed by atoms with Gasteiger partial charge in [0.05, 0.1) is 12.3 Å². The summed E-state index contributed by atoms with van der Waals surface area (Å²) in [6.45, 7) is 3.54. The fraction of sp³-hybridized carbons (Fsp3) is 0.417. The fourth-order valence-corrected chi connectivity index (χ4v) is 3.53. The molecule has 0 radical (unpaired) electrons. The molecule has 3 N–H and O–H groups in total. The molecule has 3 rings (SSSR count). The van der Waals surface area contributed by atoms with Crippen LogP contribution < -0.4 is 5.73 Å². The van der Waals surface area contributed by atoms with Gasteiger partial charge in [0.25, 0.3) is 5.91 Å². The Morgan fingerprint density at radius 2 is 1.73 bits per heavy atom. The molecule has 1 saturated heterocycles. The summed E-state index contributed by atoms with van der Waals surface area (Å²) < 4.78 is 0. The molecule has 0 aliphatic carbocycles. The third kappa shape index (κ3) is 5.90. The van der Waals surface area contributed by atoms with Gasteiger partial charge in [-0.2, -0.15) is 0 Å². The summed E-state index contributed by atoms with van der Waals surface area (Å²) in [5.41, 5.74) is 9.17. The first kappa shape index (κ1) is 22.0. The molecule has 30 heavy (non-hydrogen) atoms. The number of likely N-dealkylation sites (tertiary alicyclic amines) is 1. The van der Waals surface area contributed by atoms with E-state index in [2.05, 4.69) is 17.3 Å². The zero-order valence-corrected chi connectivity index (χ0v) is 17.6. The summed E-state index contributed by atoms with van der Waals surface area (Å²) in [7, 11) is 0. The highest BCUT2D eigenvalue weighted by Gasteiger charge is 2.32. The van der Waals surface area contributed by atoms with Crippen LogP contribution in [0.1, 0.15) is 47.7 Å². The van der Waals surface area contributed by atoms with Gasteiger partial charge in [0.2, 0.25) is 0 Å². The van der Waals surface area contributed by atoms with Crippen molar-refractivity contribution in [2.24, 2.45) is 10.9 Å². The van der Waals surface area contributed by atoms with Crippen LogP contribution in [0.5, 0.6) is 0 Å². The summed E-state index contributed by atoms with van der Waals surface area (Å²) in [6, 6.07) is 17.7. The van der Waals surface area contributed by atoms with Crippen molar-refractivity contribution in [2.75, 3.05) is 26.3 Å². The Balaban J connectivity index is 1.47. The number of carbonyl (C=O) groups is 1. The summed E-state index contributed by atoms with van der Waals surface area (Å²) in [4.78, 5) is 20.0. The minimum atomic E-state index is -0.560. The second-order valence-corrected chi connectivity index (χ2v) is 7.99. The summed E-state index contributed by atoms with van der Waals surface area (Å²) in [6.07, 6.45) is 3.10. The normalized spacial score (nSPS) is 16.4. The molecule has 0 saturated carbocycles. The molecule has 0 aromatic heterocycles. The number of rotatable bonds is 8. The zero-order valence-electron chi connectivity index (χ0n) is 17.6. The van der Waals surface area contributed by atoms with E-state index in [1.165, 1.54) is 5.56 Å². The third-order valence-electron chi connectivity index (χ3n) is 5.66. The molecule has 1 fully saturated rings. The second kappa shape index (κ2) is 10.4. The molecule has 1 aliphatic heterocycles. The van der Waals surface area contributed by atoms with E-state index in [1.54, 1.807) is 4.90 Å². The monoisotopic (exact) mass is 409 g/mol. The number of nitrogens with two attached hydrogens (primary N) is 1. The van der Waals surface area contributed by atoms with E-state index in [4.69, 9.17) is 10.6 Å². The molecule has 1 aliphatic rings. The largest absolute Gasteiger partial charge is 0.396 e.